The summed E-state index contributed by atoms with van der Waals surface area (Å²) < 4.78 is 37.2. The summed E-state index contributed by atoms with van der Waals surface area (Å²) in [6.07, 6.45) is 7.12. The molecule has 3 N–H and O–H groups in total. The van der Waals surface area contributed by atoms with E-state index in [0.29, 0.717) is 16.5 Å². The molecule has 1 heterocycles. The van der Waals surface area contributed by atoms with Crippen molar-refractivity contribution in [2.45, 2.75) is 57.0 Å². The number of nitrogens with zero attached hydrogens (tertiary/aromatic N) is 3. The van der Waals surface area contributed by atoms with Crippen LogP contribution in [0.15, 0.2) is 40.0 Å². The second-order valence-electron chi connectivity index (χ2n) is 9.20. The van der Waals surface area contributed by atoms with E-state index in [4.69, 9.17) is 22.2 Å². The molecule has 33 heavy (non-hydrogen) atoms. The molecule has 0 aliphatic heterocycles. The fraction of sp³-hybridized carbons (Fsp3) is 0.500. The second kappa shape index (κ2) is 10.2. The summed E-state index contributed by atoms with van der Waals surface area (Å²) in [4.78, 5) is 16.7. The lowest BCUT2D eigenvalue weighted by Crippen LogP contribution is -2.41. The smallest absolute Gasteiger partial charge is 0.321 e. The lowest BCUT2D eigenvalue weighted by atomic mass is 10.1. The number of sulfonamides is 1. The third-order valence-corrected chi connectivity index (χ3v) is 7.37. The molecule has 1 aliphatic rings. The SMILES string of the molecule is CC(C)(C)OC(=O)CN(CC1CCCC1)S(=O)(=O)c1ccc2c(NC(N)=NCl)cncc2c1. The first-order chi connectivity index (χ1) is 15.5. The number of nitrogens with one attached hydrogen (secondary N) is 1. The summed E-state index contributed by atoms with van der Waals surface area (Å²) in [6.45, 7) is 5.21. The number of halogens is 1. The lowest BCUT2D eigenvalue weighted by Gasteiger charge is -2.26. The van der Waals surface area contributed by atoms with Gasteiger partial charge in [0.05, 0.1) is 16.8 Å². The number of carbonyl (C=O) groups excluding carboxylic acids is 1. The van der Waals surface area contributed by atoms with Crippen LogP contribution < -0.4 is 11.1 Å². The molecule has 0 radical (unpaired) electrons. The fourth-order valence-electron chi connectivity index (χ4n) is 3.97. The number of fused-ring (bicyclic) bond motifs is 1. The minimum atomic E-state index is -3.96. The van der Waals surface area contributed by atoms with Gasteiger partial charge >= 0.3 is 5.97 Å². The topological polar surface area (TPSA) is 127 Å². The monoisotopic (exact) mass is 495 g/mol. The number of benzene rings is 1. The number of hydrogen-bond donors (Lipinski definition) is 2. The number of aromatic nitrogens is 1. The molecule has 1 aliphatic carbocycles. The van der Waals surface area contributed by atoms with Gasteiger partial charge in [0.1, 0.15) is 12.1 Å². The maximum absolute atomic E-state index is 13.6. The molecular weight excluding hydrogens is 466 g/mol. The number of pyridine rings is 1. The molecule has 1 saturated carbocycles. The minimum absolute atomic E-state index is 0.0113. The number of guanidine groups is 1. The molecule has 11 heteroatoms. The highest BCUT2D eigenvalue weighted by Gasteiger charge is 2.32. The number of carbonyl (C=O) groups is 1. The zero-order valence-electron chi connectivity index (χ0n) is 19.0. The van der Waals surface area contributed by atoms with Crippen LogP contribution in [-0.4, -0.2) is 48.3 Å². The first-order valence-corrected chi connectivity index (χ1v) is 12.6. The van der Waals surface area contributed by atoms with Crippen LogP contribution in [0.25, 0.3) is 10.8 Å². The van der Waals surface area contributed by atoms with Crippen LogP contribution in [0, 0.1) is 5.92 Å². The highest BCUT2D eigenvalue weighted by Crippen LogP contribution is 2.30. The van der Waals surface area contributed by atoms with E-state index < -0.39 is 21.6 Å². The molecule has 9 nitrogen and oxygen atoms in total. The average Bonchev–Trinajstić information content (AvgIpc) is 3.25. The predicted octanol–water partition coefficient (Wildman–Crippen LogP) is 3.64. The van der Waals surface area contributed by atoms with E-state index in [1.54, 1.807) is 39.2 Å². The molecule has 2 aromatic rings. The third kappa shape index (κ3) is 6.55. The molecule has 1 aromatic carbocycles. The van der Waals surface area contributed by atoms with Crippen molar-refractivity contribution in [2.75, 3.05) is 18.4 Å². The Labute approximate surface area is 199 Å². The van der Waals surface area contributed by atoms with E-state index in [9.17, 15) is 13.2 Å². The van der Waals surface area contributed by atoms with Crippen molar-refractivity contribution in [3.63, 3.8) is 0 Å². The summed E-state index contributed by atoms with van der Waals surface area (Å²) in [5, 5.41) is 4.10. The van der Waals surface area contributed by atoms with Gasteiger partial charge in [0.2, 0.25) is 16.0 Å². The summed E-state index contributed by atoms with van der Waals surface area (Å²) in [5.74, 6) is -0.366. The molecule has 180 valence electrons. The number of anilines is 1. The number of nitrogens with two attached hydrogens (primary N) is 1. The Bertz CT molecular complexity index is 1140. The quantitative estimate of drug-likeness (QED) is 0.341. The predicted molar refractivity (Wildman–Crippen MR) is 129 cm³/mol. The Hall–Kier alpha value is -2.43. The average molecular weight is 496 g/mol. The molecule has 0 bridgehead atoms. The van der Waals surface area contributed by atoms with Gasteiger partial charge in [-0.15, -0.1) is 4.51 Å². The molecule has 1 fully saturated rings. The molecular formula is C22H30ClN5O4S. The molecule has 3 rings (SSSR count). The van der Waals surface area contributed by atoms with Crippen LogP contribution in [0.3, 0.4) is 0 Å². The summed E-state index contributed by atoms with van der Waals surface area (Å²) >= 11 is 5.38. The van der Waals surface area contributed by atoms with Gasteiger partial charge < -0.3 is 15.8 Å². The third-order valence-electron chi connectivity index (χ3n) is 5.38. The standard InChI is InChI=1S/C22H30ClN5O4S/c1-22(2,3)32-20(29)14-28(13-15-6-4-5-7-15)33(30,31)17-8-9-18-16(10-17)11-25-12-19(18)26-21(24)27-23/h8-12,15H,4-7,13-14H2,1-3H3,(H3,24,26,27). The summed E-state index contributed by atoms with van der Waals surface area (Å²) in [6, 6.07) is 4.70. The van der Waals surface area contributed by atoms with Gasteiger partial charge in [-0.2, -0.15) is 4.31 Å². The fourth-order valence-corrected chi connectivity index (χ4v) is 5.51. The van der Waals surface area contributed by atoms with Crippen molar-refractivity contribution < 1.29 is 17.9 Å². The van der Waals surface area contributed by atoms with E-state index in [1.807, 2.05) is 0 Å². The Kier molecular flexibility index (Phi) is 7.81. The molecule has 0 unspecified atom stereocenters. The van der Waals surface area contributed by atoms with Crippen molar-refractivity contribution in [2.24, 2.45) is 16.2 Å². The van der Waals surface area contributed by atoms with Crippen molar-refractivity contribution in [1.82, 2.24) is 9.29 Å². The van der Waals surface area contributed by atoms with Gasteiger partial charge in [0.15, 0.2) is 0 Å². The molecule has 0 spiro atoms. The van der Waals surface area contributed by atoms with Gasteiger partial charge in [-0.25, -0.2) is 8.42 Å². The van der Waals surface area contributed by atoms with Crippen LogP contribution in [0.4, 0.5) is 5.69 Å². The number of esters is 1. The van der Waals surface area contributed by atoms with Crippen LogP contribution in [-0.2, 0) is 19.6 Å². The highest BCUT2D eigenvalue weighted by atomic mass is 35.5. The minimum Gasteiger partial charge on any atom is -0.459 e. The van der Waals surface area contributed by atoms with E-state index in [0.717, 1.165) is 25.7 Å². The van der Waals surface area contributed by atoms with E-state index in [1.165, 1.54) is 16.4 Å². The molecule has 1 aromatic heterocycles. The largest absolute Gasteiger partial charge is 0.459 e. The lowest BCUT2D eigenvalue weighted by molar-refractivity contribution is -0.155. The summed E-state index contributed by atoms with van der Waals surface area (Å²) in [5.41, 5.74) is 5.47. The first-order valence-electron chi connectivity index (χ1n) is 10.8. The van der Waals surface area contributed by atoms with Gasteiger partial charge in [-0.1, -0.05) is 18.9 Å². The Morgan fingerprint density at radius 2 is 2.00 bits per heavy atom. The Morgan fingerprint density at radius 3 is 2.64 bits per heavy atom. The highest BCUT2D eigenvalue weighted by molar-refractivity contribution is 7.89. The zero-order valence-corrected chi connectivity index (χ0v) is 20.6. The molecule has 0 saturated heterocycles. The van der Waals surface area contributed by atoms with Crippen LogP contribution in [0.5, 0.6) is 0 Å². The first kappa shape index (κ1) is 25.2. The molecule has 0 atom stereocenters. The summed E-state index contributed by atoms with van der Waals surface area (Å²) in [7, 11) is -3.96. The number of hydrogen-bond acceptors (Lipinski definition) is 6. The Balaban J connectivity index is 1.94. The Morgan fingerprint density at radius 1 is 1.30 bits per heavy atom. The van der Waals surface area contributed by atoms with E-state index in [2.05, 4.69) is 14.8 Å². The maximum Gasteiger partial charge on any atom is 0.321 e. The van der Waals surface area contributed by atoms with E-state index in [-0.39, 0.29) is 29.9 Å². The van der Waals surface area contributed by atoms with Crippen LogP contribution in [0.1, 0.15) is 46.5 Å². The van der Waals surface area contributed by atoms with Gasteiger partial charge in [0, 0.05) is 35.3 Å². The second-order valence-corrected chi connectivity index (χ2v) is 11.3. The maximum atomic E-state index is 13.6. The van der Waals surface area contributed by atoms with Crippen molar-refractivity contribution in [3.05, 3.63) is 30.6 Å². The van der Waals surface area contributed by atoms with E-state index >= 15 is 0 Å². The number of rotatable bonds is 7. The normalized spacial score (nSPS) is 15.8. The van der Waals surface area contributed by atoms with Gasteiger partial charge in [-0.3, -0.25) is 9.78 Å². The zero-order chi connectivity index (χ0) is 24.2. The number of ether oxygens (including phenoxy) is 1. The van der Waals surface area contributed by atoms with Gasteiger partial charge in [-0.05, 0) is 51.7 Å². The van der Waals surface area contributed by atoms with Crippen molar-refractivity contribution in [3.8, 4) is 0 Å². The van der Waals surface area contributed by atoms with Crippen LogP contribution >= 0.6 is 11.8 Å². The van der Waals surface area contributed by atoms with Crippen molar-refractivity contribution >= 4 is 50.2 Å². The molecule has 0 amide bonds. The van der Waals surface area contributed by atoms with Crippen molar-refractivity contribution in [1.29, 1.82) is 0 Å². The van der Waals surface area contributed by atoms with Crippen LogP contribution in [0.2, 0.25) is 0 Å². The van der Waals surface area contributed by atoms with Gasteiger partial charge in [0.25, 0.3) is 0 Å².